The van der Waals surface area contributed by atoms with Crippen LogP contribution in [0.5, 0.6) is 0 Å². The first-order valence-electron chi connectivity index (χ1n) is 4.66. The number of nitrogens with zero attached hydrogens (tertiary/aromatic N) is 3. The number of non-ortho nitro benzene ring substituents is 1. The van der Waals surface area contributed by atoms with Crippen molar-refractivity contribution in [2.24, 2.45) is 0 Å². The van der Waals surface area contributed by atoms with Crippen LogP contribution in [0, 0.1) is 29.2 Å². The number of nitro benzene ring substituents is 1. The van der Waals surface area contributed by atoms with Gasteiger partial charge in [-0.15, -0.1) is 0 Å². The lowest BCUT2D eigenvalue weighted by molar-refractivity contribution is -0.588. The summed E-state index contributed by atoms with van der Waals surface area (Å²) in [6.07, 6.45) is 0. The Bertz CT molecular complexity index is 595. The largest absolute Gasteiger partial charge is 0.618 e. The van der Waals surface area contributed by atoms with Crippen LogP contribution < -0.4 is 4.73 Å². The van der Waals surface area contributed by atoms with E-state index in [0.29, 0.717) is 21.6 Å². The van der Waals surface area contributed by atoms with Gasteiger partial charge in [-0.05, 0) is 13.0 Å². The van der Waals surface area contributed by atoms with Gasteiger partial charge in [0, 0.05) is 13.0 Å². The summed E-state index contributed by atoms with van der Waals surface area (Å²) >= 11 is 0. The third-order valence-electron chi connectivity index (χ3n) is 2.51. The molecule has 6 heteroatoms. The molecule has 0 radical (unpaired) electrons. The zero-order chi connectivity index (χ0) is 11.9. The third-order valence-corrected chi connectivity index (χ3v) is 2.51. The molecule has 1 aromatic heterocycles. The van der Waals surface area contributed by atoms with Gasteiger partial charge < -0.3 is 5.21 Å². The zero-order valence-corrected chi connectivity index (χ0v) is 8.80. The van der Waals surface area contributed by atoms with E-state index in [-0.39, 0.29) is 11.2 Å². The molecule has 6 nitrogen and oxygen atoms in total. The molecule has 2 aromatic rings. The number of aryl methyl sites for hydroxylation is 1. The van der Waals surface area contributed by atoms with Gasteiger partial charge in [0.05, 0.1) is 4.92 Å². The molecule has 2 rings (SSSR count). The number of para-hydroxylation sites is 1. The van der Waals surface area contributed by atoms with Crippen LogP contribution in [-0.2, 0) is 0 Å². The Balaban J connectivity index is 2.97. The molecule has 0 saturated heterocycles. The smallest absolute Gasteiger partial charge is 0.343 e. The summed E-state index contributed by atoms with van der Waals surface area (Å²) < 4.78 is 0.565. The lowest BCUT2D eigenvalue weighted by Gasteiger charge is -2.06. The molecular formula is C10H9N3O3. The molecule has 0 unspecified atom stereocenters. The number of nitro groups is 1. The molecule has 0 aliphatic rings. The average molecular weight is 219 g/mol. The normalized spacial score (nSPS) is 10.6. The summed E-state index contributed by atoms with van der Waals surface area (Å²) in [6.45, 7) is 3.29. The van der Waals surface area contributed by atoms with Crippen LogP contribution in [0.25, 0.3) is 11.0 Å². The van der Waals surface area contributed by atoms with Gasteiger partial charge in [-0.3, -0.25) is 10.1 Å². The molecule has 16 heavy (non-hydrogen) atoms. The summed E-state index contributed by atoms with van der Waals surface area (Å²) in [4.78, 5) is 14.4. The first-order valence-corrected chi connectivity index (χ1v) is 4.66. The maximum Gasteiger partial charge on any atom is 0.343 e. The maximum atomic E-state index is 11.8. The van der Waals surface area contributed by atoms with Crippen molar-refractivity contribution >= 4 is 16.7 Å². The van der Waals surface area contributed by atoms with Gasteiger partial charge >= 0.3 is 11.2 Å². The second kappa shape index (κ2) is 3.41. The lowest BCUT2D eigenvalue weighted by Crippen LogP contribution is -2.33. The number of fused-ring (bicyclic) bond motifs is 1. The van der Waals surface area contributed by atoms with Crippen LogP contribution >= 0.6 is 0 Å². The molecule has 0 spiro atoms. The van der Waals surface area contributed by atoms with E-state index in [2.05, 4.69) is 4.98 Å². The predicted molar refractivity (Wildman–Crippen MR) is 56.8 cm³/mol. The molecule has 0 amide bonds. The summed E-state index contributed by atoms with van der Waals surface area (Å²) in [5.41, 5.74) is 1.08. The minimum absolute atomic E-state index is 0.00981. The first kappa shape index (κ1) is 10.3. The standard InChI is InChI=1S/C10H9N3O3/c1-6-7(2)12(14)10-8(11-6)4-3-5-9(10)13(15)16/h3-5H,1-2H3. The fourth-order valence-corrected chi connectivity index (χ4v) is 1.54. The summed E-state index contributed by atoms with van der Waals surface area (Å²) in [6, 6.07) is 4.40. The molecule has 0 aliphatic carbocycles. The van der Waals surface area contributed by atoms with Crippen LogP contribution in [0.2, 0.25) is 0 Å². The average Bonchev–Trinajstić information content (AvgIpc) is 2.25. The van der Waals surface area contributed by atoms with Crippen LogP contribution in [0.15, 0.2) is 18.2 Å². The van der Waals surface area contributed by atoms with Crippen molar-refractivity contribution in [3.8, 4) is 0 Å². The van der Waals surface area contributed by atoms with Crippen LogP contribution in [0.4, 0.5) is 5.69 Å². The Hall–Kier alpha value is -2.24. The van der Waals surface area contributed by atoms with E-state index in [1.165, 1.54) is 12.1 Å². The fourth-order valence-electron chi connectivity index (χ4n) is 1.54. The summed E-state index contributed by atoms with van der Waals surface area (Å²) in [5.74, 6) is 0. The van der Waals surface area contributed by atoms with Crippen molar-refractivity contribution in [1.82, 2.24) is 4.98 Å². The summed E-state index contributed by atoms with van der Waals surface area (Å²) in [5, 5.41) is 22.6. The maximum absolute atomic E-state index is 11.8. The molecular weight excluding hydrogens is 210 g/mol. The van der Waals surface area contributed by atoms with E-state index >= 15 is 0 Å². The second-order valence-electron chi connectivity index (χ2n) is 3.48. The van der Waals surface area contributed by atoms with E-state index in [0.717, 1.165) is 0 Å². The quantitative estimate of drug-likeness (QED) is 0.314. The molecule has 82 valence electrons. The molecule has 0 fully saturated rings. The Kier molecular flexibility index (Phi) is 2.19. The number of aromatic nitrogens is 2. The van der Waals surface area contributed by atoms with Gasteiger partial charge in [-0.1, -0.05) is 6.07 Å². The van der Waals surface area contributed by atoms with Crippen molar-refractivity contribution in [1.29, 1.82) is 0 Å². The van der Waals surface area contributed by atoms with Crippen molar-refractivity contribution in [3.05, 3.63) is 44.9 Å². The van der Waals surface area contributed by atoms with E-state index in [4.69, 9.17) is 0 Å². The minimum atomic E-state index is -0.576. The Morgan fingerprint density at radius 1 is 1.38 bits per heavy atom. The van der Waals surface area contributed by atoms with Crippen molar-refractivity contribution in [2.45, 2.75) is 13.8 Å². The molecule has 1 heterocycles. The highest BCUT2D eigenvalue weighted by Gasteiger charge is 2.23. The second-order valence-corrected chi connectivity index (χ2v) is 3.48. The highest BCUT2D eigenvalue weighted by molar-refractivity contribution is 5.80. The number of benzene rings is 1. The predicted octanol–water partition coefficient (Wildman–Crippen LogP) is 1.39. The number of hydrogen-bond acceptors (Lipinski definition) is 4. The van der Waals surface area contributed by atoms with Crippen LogP contribution in [0.3, 0.4) is 0 Å². The molecule has 1 aromatic carbocycles. The van der Waals surface area contributed by atoms with Crippen molar-refractivity contribution < 1.29 is 9.65 Å². The molecule has 0 saturated carbocycles. The minimum Gasteiger partial charge on any atom is -0.618 e. The molecule has 0 bridgehead atoms. The van der Waals surface area contributed by atoms with Gasteiger partial charge in [-0.2, -0.15) is 4.73 Å². The fraction of sp³-hybridized carbons (Fsp3) is 0.200. The summed E-state index contributed by atoms with van der Waals surface area (Å²) in [7, 11) is 0. The third kappa shape index (κ3) is 1.35. The number of hydrogen-bond donors (Lipinski definition) is 0. The highest BCUT2D eigenvalue weighted by atomic mass is 16.6. The van der Waals surface area contributed by atoms with E-state index in [1.54, 1.807) is 19.9 Å². The van der Waals surface area contributed by atoms with Gasteiger partial charge in [0.15, 0.2) is 0 Å². The van der Waals surface area contributed by atoms with E-state index < -0.39 is 4.92 Å². The van der Waals surface area contributed by atoms with Gasteiger partial charge in [-0.25, -0.2) is 4.98 Å². The Morgan fingerprint density at radius 2 is 2.06 bits per heavy atom. The van der Waals surface area contributed by atoms with E-state index in [9.17, 15) is 15.3 Å². The highest BCUT2D eigenvalue weighted by Crippen LogP contribution is 2.21. The molecule has 0 N–H and O–H groups in total. The van der Waals surface area contributed by atoms with Crippen LogP contribution in [0.1, 0.15) is 11.4 Å². The zero-order valence-electron chi connectivity index (χ0n) is 8.80. The SMILES string of the molecule is Cc1nc2cccc([N+](=O)[O-])c2[n+]([O-])c1C. The molecule has 0 aliphatic heterocycles. The van der Waals surface area contributed by atoms with Crippen molar-refractivity contribution in [3.63, 3.8) is 0 Å². The van der Waals surface area contributed by atoms with Crippen molar-refractivity contribution in [2.75, 3.05) is 0 Å². The first-order chi connectivity index (χ1) is 7.52. The van der Waals surface area contributed by atoms with Gasteiger partial charge in [0.1, 0.15) is 11.2 Å². The molecule has 0 atom stereocenters. The van der Waals surface area contributed by atoms with E-state index in [1.807, 2.05) is 0 Å². The Morgan fingerprint density at radius 3 is 2.69 bits per heavy atom. The Labute approximate surface area is 90.9 Å². The topological polar surface area (TPSA) is 83.0 Å². The monoisotopic (exact) mass is 219 g/mol. The number of rotatable bonds is 1. The van der Waals surface area contributed by atoms with Crippen LogP contribution in [-0.4, -0.2) is 9.91 Å². The van der Waals surface area contributed by atoms with Gasteiger partial charge in [0.25, 0.3) is 0 Å². The lowest BCUT2D eigenvalue weighted by atomic mass is 10.2. The van der Waals surface area contributed by atoms with Gasteiger partial charge in [0.2, 0.25) is 5.69 Å².